The zero-order chi connectivity index (χ0) is 19.7. The van der Waals surface area contributed by atoms with Crippen LogP contribution in [0.5, 0.6) is 5.75 Å². The van der Waals surface area contributed by atoms with Crippen LogP contribution in [0.3, 0.4) is 0 Å². The van der Waals surface area contributed by atoms with Gasteiger partial charge >= 0.3 is 5.56 Å². The molecular formula is C19H21N5O4. The van der Waals surface area contributed by atoms with Gasteiger partial charge in [0.2, 0.25) is 11.4 Å². The highest BCUT2D eigenvalue weighted by atomic mass is 16.5. The third-order valence-corrected chi connectivity index (χ3v) is 5.14. The predicted molar refractivity (Wildman–Crippen MR) is 105 cm³/mol. The van der Waals surface area contributed by atoms with Crippen LogP contribution in [0.2, 0.25) is 0 Å². The van der Waals surface area contributed by atoms with Crippen LogP contribution < -0.4 is 10.2 Å². The maximum Gasteiger partial charge on any atom is 0.322 e. The summed E-state index contributed by atoms with van der Waals surface area (Å²) in [4.78, 5) is 23.7. The Bertz CT molecular complexity index is 1050. The average molecular weight is 383 g/mol. The molecule has 0 amide bonds. The summed E-state index contributed by atoms with van der Waals surface area (Å²) in [5.41, 5.74) is 0.0464. The summed E-state index contributed by atoms with van der Waals surface area (Å²) in [6.07, 6.45) is 2.86. The second-order valence-corrected chi connectivity index (χ2v) is 6.80. The standard InChI is InChI=1S/C19H21N5O4/c25-13-10-22-8-11-24(28,12-9-22)16-17(26)15-18(21-7-6-20-15)23(19(16)27)14-4-2-1-3-5-14/h1-7,25-26H,8-13H2. The van der Waals surface area contributed by atoms with E-state index < -0.39 is 16.0 Å². The number of fused-ring (bicyclic) bond motifs is 1. The first kappa shape index (κ1) is 18.5. The third-order valence-electron chi connectivity index (χ3n) is 5.14. The molecule has 9 nitrogen and oxygen atoms in total. The van der Waals surface area contributed by atoms with Crippen molar-refractivity contribution in [2.75, 3.05) is 39.3 Å². The molecule has 0 spiro atoms. The Morgan fingerprint density at radius 1 is 1.11 bits per heavy atom. The number of piperazine rings is 1. The molecule has 3 aromatic rings. The molecule has 0 saturated carbocycles. The van der Waals surface area contributed by atoms with E-state index in [1.165, 1.54) is 17.0 Å². The van der Waals surface area contributed by atoms with E-state index in [-0.39, 0.29) is 36.5 Å². The maximum absolute atomic E-state index is 13.6. The number of aromatic nitrogens is 3. The van der Waals surface area contributed by atoms with Crippen molar-refractivity contribution in [3.05, 3.63) is 58.3 Å². The number of pyridine rings is 1. The molecule has 1 aliphatic heterocycles. The van der Waals surface area contributed by atoms with Crippen molar-refractivity contribution in [2.45, 2.75) is 0 Å². The molecule has 2 N–H and O–H groups in total. The Morgan fingerprint density at radius 2 is 1.79 bits per heavy atom. The number of para-hydroxylation sites is 1. The molecule has 2 aromatic heterocycles. The van der Waals surface area contributed by atoms with Gasteiger partial charge in [-0.2, -0.15) is 0 Å². The van der Waals surface area contributed by atoms with Crippen LogP contribution >= 0.6 is 0 Å². The summed E-state index contributed by atoms with van der Waals surface area (Å²) in [7, 11) is 0. The van der Waals surface area contributed by atoms with E-state index >= 15 is 0 Å². The normalized spacial score (nSPS) is 17.1. The summed E-state index contributed by atoms with van der Waals surface area (Å²) in [5, 5.41) is 33.5. The van der Waals surface area contributed by atoms with Gasteiger partial charge in [-0.05, 0) is 12.1 Å². The first-order valence-electron chi connectivity index (χ1n) is 9.11. The fourth-order valence-electron chi connectivity index (χ4n) is 3.68. The van der Waals surface area contributed by atoms with Crippen molar-refractivity contribution in [3.8, 4) is 11.4 Å². The minimum Gasteiger partial charge on any atom is -0.627 e. The Morgan fingerprint density at radius 3 is 2.46 bits per heavy atom. The monoisotopic (exact) mass is 383 g/mol. The van der Waals surface area contributed by atoms with Crippen LogP contribution in [0.25, 0.3) is 16.9 Å². The lowest BCUT2D eigenvalue weighted by atomic mass is 10.2. The molecule has 0 bridgehead atoms. The molecule has 0 atom stereocenters. The van der Waals surface area contributed by atoms with Crippen LogP contribution in [-0.2, 0) is 0 Å². The minimum absolute atomic E-state index is 0.0104. The molecule has 0 aliphatic carbocycles. The highest BCUT2D eigenvalue weighted by Crippen LogP contribution is 2.35. The highest BCUT2D eigenvalue weighted by molar-refractivity contribution is 5.85. The third kappa shape index (κ3) is 3.04. The van der Waals surface area contributed by atoms with Gasteiger partial charge in [-0.25, -0.2) is 9.97 Å². The lowest BCUT2D eigenvalue weighted by Gasteiger charge is -2.47. The minimum atomic E-state index is -0.939. The van der Waals surface area contributed by atoms with Gasteiger partial charge in [0.15, 0.2) is 11.2 Å². The lowest BCUT2D eigenvalue weighted by molar-refractivity contribution is 0.138. The number of hydroxylamine groups is 2. The Labute approximate surface area is 160 Å². The molecule has 1 aliphatic rings. The number of aliphatic hydroxyl groups is 1. The number of benzene rings is 1. The highest BCUT2D eigenvalue weighted by Gasteiger charge is 2.35. The smallest absolute Gasteiger partial charge is 0.322 e. The fourth-order valence-corrected chi connectivity index (χ4v) is 3.68. The largest absolute Gasteiger partial charge is 0.627 e. The van der Waals surface area contributed by atoms with Crippen molar-refractivity contribution in [1.29, 1.82) is 0 Å². The number of rotatable bonds is 4. The Balaban J connectivity index is 1.92. The lowest BCUT2D eigenvalue weighted by Crippen LogP contribution is -2.59. The van der Waals surface area contributed by atoms with E-state index in [0.29, 0.717) is 25.3 Å². The van der Waals surface area contributed by atoms with Gasteiger partial charge in [0.05, 0.1) is 25.4 Å². The molecule has 1 aromatic carbocycles. The van der Waals surface area contributed by atoms with Crippen LogP contribution in [0.4, 0.5) is 5.69 Å². The zero-order valence-electron chi connectivity index (χ0n) is 15.2. The van der Waals surface area contributed by atoms with Gasteiger partial charge in [0, 0.05) is 32.0 Å². The molecule has 1 saturated heterocycles. The SMILES string of the molecule is O=c1c([N+]2([O-])CCN(CCO)CC2)c(O)c2nccnc2n1-c1ccccc1. The summed E-state index contributed by atoms with van der Waals surface area (Å²) in [6.45, 7) is 1.53. The molecule has 0 radical (unpaired) electrons. The van der Waals surface area contributed by atoms with Gasteiger partial charge in [-0.1, -0.05) is 18.2 Å². The van der Waals surface area contributed by atoms with Crippen LogP contribution in [0.15, 0.2) is 47.5 Å². The van der Waals surface area contributed by atoms with Crippen molar-refractivity contribution < 1.29 is 10.2 Å². The fraction of sp³-hybridized carbons (Fsp3) is 0.316. The number of aromatic hydroxyl groups is 1. The number of hydrogen-bond donors (Lipinski definition) is 2. The second-order valence-electron chi connectivity index (χ2n) is 6.80. The quantitative estimate of drug-likeness (QED) is 0.501. The summed E-state index contributed by atoms with van der Waals surface area (Å²) >= 11 is 0. The molecule has 9 heteroatoms. The zero-order valence-corrected chi connectivity index (χ0v) is 15.2. The van der Waals surface area contributed by atoms with E-state index in [1.54, 1.807) is 24.3 Å². The van der Waals surface area contributed by atoms with Gasteiger partial charge in [-0.3, -0.25) is 14.3 Å². The Kier molecular flexibility index (Phi) is 4.82. The predicted octanol–water partition coefficient (Wildman–Crippen LogP) is 0.599. The first-order chi connectivity index (χ1) is 13.5. The summed E-state index contributed by atoms with van der Waals surface area (Å²) < 4.78 is 0.390. The Hall–Kier alpha value is -2.85. The van der Waals surface area contributed by atoms with Gasteiger partial charge in [-0.15, -0.1) is 0 Å². The van der Waals surface area contributed by atoms with Gasteiger partial charge < -0.3 is 20.1 Å². The molecule has 0 unspecified atom stereocenters. The number of nitrogens with zero attached hydrogens (tertiary/aromatic N) is 5. The summed E-state index contributed by atoms with van der Waals surface area (Å²) in [6, 6.07) is 8.87. The van der Waals surface area contributed by atoms with Crippen molar-refractivity contribution in [3.63, 3.8) is 0 Å². The topological polar surface area (TPSA) is 115 Å². The van der Waals surface area contributed by atoms with Crippen LogP contribution in [0.1, 0.15) is 0 Å². The van der Waals surface area contributed by atoms with Gasteiger partial charge in [0.25, 0.3) is 0 Å². The van der Waals surface area contributed by atoms with E-state index in [4.69, 9.17) is 5.11 Å². The molecule has 3 heterocycles. The van der Waals surface area contributed by atoms with Crippen molar-refractivity contribution in [2.24, 2.45) is 0 Å². The maximum atomic E-state index is 13.6. The average Bonchev–Trinajstić information content (AvgIpc) is 2.71. The second kappa shape index (κ2) is 7.28. The molecule has 1 fully saturated rings. The molecule has 28 heavy (non-hydrogen) atoms. The molecule has 4 rings (SSSR count). The number of quaternary nitrogens is 1. The van der Waals surface area contributed by atoms with Crippen LogP contribution in [-0.4, -0.2) is 69.0 Å². The molecule has 146 valence electrons. The van der Waals surface area contributed by atoms with E-state index in [1.807, 2.05) is 11.0 Å². The van der Waals surface area contributed by atoms with Crippen molar-refractivity contribution >= 4 is 16.9 Å². The molecular weight excluding hydrogens is 362 g/mol. The van der Waals surface area contributed by atoms with Crippen LogP contribution in [0, 0.1) is 5.21 Å². The van der Waals surface area contributed by atoms with E-state index in [9.17, 15) is 15.1 Å². The number of aliphatic hydroxyl groups excluding tert-OH is 1. The summed E-state index contributed by atoms with van der Waals surface area (Å²) in [5.74, 6) is -0.411. The first-order valence-corrected chi connectivity index (χ1v) is 9.11. The number of hydrogen-bond acceptors (Lipinski definition) is 7. The number of β-amino-alcohol motifs (C(OH)–C–C–N with tert-alkyl or cyclic N) is 1. The van der Waals surface area contributed by atoms with E-state index in [0.717, 1.165) is 0 Å². The van der Waals surface area contributed by atoms with E-state index in [2.05, 4.69) is 9.97 Å². The van der Waals surface area contributed by atoms with Crippen molar-refractivity contribution in [1.82, 2.24) is 24.1 Å². The van der Waals surface area contributed by atoms with Gasteiger partial charge in [0.1, 0.15) is 0 Å².